The van der Waals surface area contributed by atoms with Gasteiger partial charge in [0.2, 0.25) is 0 Å². The van der Waals surface area contributed by atoms with Crippen LogP contribution in [0.15, 0.2) is 60.7 Å². The SMILES string of the molecule is O=C(Nc1ccccc1)c1cc(C2CC3CCN(CC3)C2)nc2ccccc12. The first kappa shape index (κ1) is 17.4. The van der Waals surface area contributed by atoms with Gasteiger partial charge in [-0.05, 0) is 62.5 Å². The van der Waals surface area contributed by atoms with Crippen LogP contribution >= 0.6 is 0 Å². The first-order chi connectivity index (χ1) is 13.8. The highest BCUT2D eigenvalue weighted by Gasteiger charge is 2.31. The summed E-state index contributed by atoms with van der Waals surface area (Å²) in [6, 6.07) is 19.7. The lowest BCUT2D eigenvalue weighted by atomic mass is 9.88. The summed E-state index contributed by atoms with van der Waals surface area (Å²) < 4.78 is 0. The fourth-order valence-electron chi connectivity index (χ4n) is 4.72. The summed E-state index contributed by atoms with van der Waals surface area (Å²) in [5.74, 6) is 1.13. The highest BCUT2D eigenvalue weighted by atomic mass is 16.1. The molecule has 4 nitrogen and oxygen atoms in total. The van der Waals surface area contributed by atoms with Crippen molar-refractivity contribution in [1.82, 2.24) is 9.88 Å². The smallest absolute Gasteiger partial charge is 0.256 e. The maximum absolute atomic E-state index is 13.1. The Morgan fingerprint density at radius 3 is 2.57 bits per heavy atom. The molecule has 2 aromatic carbocycles. The van der Waals surface area contributed by atoms with E-state index in [9.17, 15) is 4.79 Å². The summed E-state index contributed by atoms with van der Waals surface area (Å²) in [5, 5.41) is 3.96. The van der Waals surface area contributed by atoms with Gasteiger partial charge in [-0.1, -0.05) is 36.4 Å². The maximum atomic E-state index is 13.1. The van der Waals surface area contributed by atoms with Crippen LogP contribution in [-0.4, -0.2) is 35.4 Å². The number of hydrogen-bond donors (Lipinski definition) is 1. The number of carbonyl (C=O) groups excluding carboxylic acids is 1. The van der Waals surface area contributed by atoms with Crippen LogP contribution < -0.4 is 5.32 Å². The lowest BCUT2D eigenvalue weighted by Gasteiger charge is -2.26. The summed E-state index contributed by atoms with van der Waals surface area (Å²) in [5.41, 5.74) is 3.50. The van der Waals surface area contributed by atoms with Crippen LogP contribution in [0, 0.1) is 5.92 Å². The van der Waals surface area contributed by atoms with E-state index >= 15 is 0 Å². The molecular weight excluding hydrogens is 346 g/mol. The number of pyridine rings is 1. The van der Waals surface area contributed by atoms with Gasteiger partial charge in [-0.15, -0.1) is 0 Å². The predicted octanol–water partition coefficient (Wildman–Crippen LogP) is 4.69. The molecule has 4 heterocycles. The van der Waals surface area contributed by atoms with Crippen molar-refractivity contribution in [3.05, 3.63) is 71.9 Å². The fraction of sp³-hybridized carbons (Fsp3) is 0.333. The van der Waals surface area contributed by atoms with E-state index in [1.165, 1.54) is 32.4 Å². The number of nitrogens with zero attached hydrogens (tertiary/aromatic N) is 2. The second-order valence-electron chi connectivity index (χ2n) is 8.11. The number of amides is 1. The minimum absolute atomic E-state index is 0.0667. The van der Waals surface area contributed by atoms with E-state index in [-0.39, 0.29) is 5.91 Å². The van der Waals surface area contributed by atoms with Crippen molar-refractivity contribution < 1.29 is 4.79 Å². The van der Waals surface area contributed by atoms with Gasteiger partial charge in [-0.3, -0.25) is 9.78 Å². The Bertz CT molecular complexity index is 979. The molecule has 1 aromatic heterocycles. The molecule has 3 saturated heterocycles. The molecule has 3 aliphatic heterocycles. The number of aromatic nitrogens is 1. The van der Waals surface area contributed by atoms with E-state index in [0.29, 0.717) is 5.92 Å². The van der Waals surface area contributed by atoms with E-state index in [1.807, 2.05) is 60.7 Å². The first-order valence-electron chi connectivity index (χ1n) is 10.2. The zero-order chi connectivity index (χ0) is 18.9. The Labute approximate surface area is 165 Å². The van der Waals surface area contributed by atoms with Crippen molar-refractivity contribution >= 4 is 22.5 Å². The second kappa shape index (κ2) is 7.36. The van der Waals surface area contributed by atoms with Gasteiger partial charge in [0, 0.05) is 29.2 Å². The van der Waals surface area contributed by atoms with E-state index in [4.69, 9.17) is 4.98 Å². The number of hydrogen-bond acceptors (Lipinski definition) is 3. The molecule has 1 atom stereocenters. The molecule has 1 amide bonds. The monoisotopic (exact) mass is 371 g/mol. The molecule has 28 heavy (non-hydrogen) atoms. The van der Waals surface area contributed by atoms with Gasteiger partial charge in [0.25, 0.3) is 5.91 Å². The third-order valence-corrected chi connectivity index (χ3v) is 6.23. The molecule has 142 valence electrons. The zero-order valence-electron chi connectivity index (χ0n) is 16.0. The Hall–Kier alpha value is -2.72. The Kier molecular flexibility index (Phi) is 4.57. The molecule has 1 N–H and O–H groups in total. The number of piperidine rings is 1. The van der Waals surface area contributed by atoms with E-state index in [0.717, 1.165) is 40.3 Å². The fourth-order valence-corrected chi connectivity index (χ4v) is 4.72. The topological polar surface area (TPSA) is 45.2 Å². The van der Waals surface area contributed by atoms with Gasteiger partial charge in [0.15, 0.2) is 0 Å². The summed E-state index contributed by atoms with van der Waals surface area (Å²) in [6.07, 6.45) is 3.78. The van der Waals surface area contributed by atoms with Crippen molar-refractivity contribution in [3.63, 3.8) is 0 Å². The maximum Gasteiger partial charge on any atom is 0.256 e. The molecule has 4 heteroatoms. The average molecular weight is 371 g/mol. The number of para-hydroxylation sites is 2. The Morgan fingerprint density at radius 2 is 1.75 bits per heavy atom. The Morgan fingerprint density at radius 1 is 1.00 bits per heavy atom. The van der Waals surface area contributed by atoms with Crippen LogP contribution in [0.1, 0.15) is 41.2 Å². The highest BCUT2D eigenvalue weighted by molar-refractivity contribution is 6.12. The summed E-state index contributed by atoms with van der Waals surface area (Å²) in [7, 11) is 0. The van der Waals surface area contributed by atoms with E-state index < -0.39 is 0 Å². The van der Waals surface area contributed by atoms with E-state index in [2.05, 4.69) is 10.2 Å². The Balaban J connectivity index is 1.53. The molecule has 0 aliphatic carbocycles. The molecule has 1 unspecified atom stereocenters. The molecule has 3 aromatic rings. The average Bonchev–Trinajstić information content (AvgIpc) is 3.08. The zero-order valence-corrected chi connectivity index (χ0v) is 16.0. The largest absolute Gasteiger partial charge is 0.322 e. The lowest BCUT2D eigenvalue weighted by molar-refractivity contribution is 0.102. The van der Waals surface area contributed by atoms with Gasteiger partial charge >= 0.3 is 0 Å². The molecule has 3 fully saturated rings. The minimum atomic E-state index is -0.0667. The molecule has 0 saturated carbocycles. The van der Waals surface area contributed by atoms with Gasteiger partial charge in [0.1, 0.15) is 0 Å². The van der Waals surface area contributed by atoms with Gasteiger partial charge in [-0.2, -0.15) is 0 Å². The quantitative estimate of drug-likeness (QED) is 0.727. The number of carbonyl (C=O) groups is 1. The number of rotatable bonds is 3. The minimum Gasteiger partial charge on any atom is -0.322 e. The second-order valence-corrected chi connectivity index (χ2v) is 8.11. The van der Waals surface area contributed by atoms with Crippen molar-refractivity contribution in [2.45, 2.75) is 25.2 Å². The summed E-state index contributed by atoms with van der Waals surface area (Å²) in [4.78, 5) is 20.7. The molecule has 0 radical (unpaired) electrons. The first-order valence-corrected chi connectivity index (χ1v) is 10.2. The summed E-state index contributed by atoms with van der Waals surface area (Å²) in [6.45, 7) is 3.47. The standard InChI is InChI=1S/C24H25N3O/c28-24(25-19-6-2-1-3-7-19)21-15-23(26-22-9-5-4-8-20(21)22)18-14-17-10-12-27(16-18)13-11-17/h1-9,15,17-18H,10-14,16H2,(H,25,28). The molecule has 6 rings (SSSR count). The molecular formula is C24H25N3O. The van der Waals surface area contributed by atoms with Gasteiger partial charge in [-0.25, -0.2) is 0 Å². The van der Waals surface area contributed by atoms with Crippen LogP contribution in [0.5, 0.6) is 0 Å². The number of anilines is 1. The number of benzene rings is 2. The third kappa shape index (κ3) is 3.40. The lowest BCUT2D eigenvalue weighted by Crippen LogP contribution is -2.31. The van der Waals surface area contributed by atoms with Gasteiger partial charge < -0.3 is 10.2 Å². The third-order valence-electron chi connectivity index (χ3n) is 6.23. The molecule has 3 aliphatic rings. The van der Waals surface area contributed by atoms with Crippen molar-refractivity contribution in [3.8, 4) is 0 Å². The molecule has 2 bridgehead atoms. The van der Waals surface area contributed by atoms with E-state index in [1.54, 1.807) is 0 Å². The van der Waals surface area contributed by atoms with Crippen molar-refractivity contribution in [2.75, 3.05) is 25.0 Å². The van der Waals surface area contributed by atoms with Crippen LogP contribution in [-0.2, 0) is 0 Å². The van der Waals surface area contributed by atoms with Crippen LogP contribution in [0.2, 0.25) is 0 Å². The highest BCUT2D eigenvalue weighted by Crippen LogP contribution is 2.36. The van der Waals surface area contributed by atoms with Crippen LogP contribution in [0.3, 0.4) is 0 Å². The van der Waals surface area contributed by atoms with Crippen molar-refractivity contribution in [1.29, 1.82) is 0 Å². The van der Waals surface area contributed by atoms with Crippen molar-refractivity contribution in [2.24, 2.45) is 5.92 Å². The molecule has 0 spiro atoms. The van der Waals surface area contributed by atoms with Crippen LogP contribution in [0.4, 0.5) is 5.69 Å². The number of nitrogens with one attached hydrogen (secondary N) is 1. The number of fused-ring (bicyclic) bond motifs is 5. The predicted molar refractivity (Wildman–Crippen MR) is 113 cm³/mol. The summed E-state index contributed by atoms with van der Waals surface area (Å²) >= 11 is 0. The van der Waals surface area contributed by atoms with Gasteiger partial charge in [0.05, 0.1) is 11.1 Å². The normalized spacial score (nSPS) is 24.1. The van der Waals surface area contributed by atoms with Crippen LogP contribution in [0.25, 0.3) is 10.9 Å².